The van der Waals surface area contributed by atoms with Crippen molar-refractivity contribution in [2.24, 2.45) is 0 Å². The molecule has 0 spiro atoms. The number of carbonyl (C=O) groups excluding carboxylic acids is 1. The molecule has 26 heavy (non-hydrogen) atoms. The summed E-state index contributed by atoms with van der Waals surface area (Å²) in [5.74, 6) is -0.122. The summed E-state index contributed by atoms with van der Waals surface area (Å²) in [5.41, 5.74) is 3.31. The van der Waals surface area contributed by atoms with Crippen LogP contribution in [0.1, 0.15) is 11.1 Å². The first-order valence-electron chi connectivity index (χ1n) is 8.10. The molecule has 0 fully saturated rings. The van der Waals surface area contributed by atoms with E-state index in [-0.39, 0.29) is 17.2 Å². The highest BCUT2D eigenvalue weighted by atomic mass is 32.2. The van der Waals surface area contributed by atoms with Crippen LogP contribution in [0.2, 0.25) is 0 Å². The van der Waals surface area contributed by atoms with E-state index in [0.717, 1.165) is 16.5 Å². The van der Waals surface area contributed by atoms with E-state index in [9.17, 15) is 13.2 Å². The van der Waals surface area contributed by atoms with Gasteiger partial charge in [-0.25, -0.2) is 8.42 Å². The Morgan fingerprint density at radius 1 is 1.12 bits per heavy atom. The lowest BCUT2D eigenvalue weighted by Crippen LogP contribution is -2.21. The van der Waals surface area contributed by atoms with Crippen molar-refractivity contribution in [2.75, 3.05) is 12.4 Å². The standard InChI is InChI=1S/C19H17N3O3S/c1-22(9-7-13-2-4-17-14(10-13)6-8-20-17)26(24,25)16-3-5-18-15(11-16)12-19(23)21-18/h2-11,20H,12H2,1H3,(H,21,23). The van der Waals surface area contributed by atoms with E-state index in [1.165, 1.54) is 23.6 Å². The number of amides is 1. The number of aromatic amines is 1. The monoisotopic (exact) mass is 367 g/mol. The molecule has 0 radical (unpaired) electrons. The minimum Gasteiger partial charge on any atom is -0.361 e. The summed E-state index contributed by atoms with van der Waals surface area (Å²) in [7, 11) is -2.18. The Labute approximate surface area is 151 Å². The van der Waals surface area contributed by atoms with Gasteiger partial charge in [0, 0.05) is 30.6 Å². The maximum atomic E-state index is 12.8. The molecule has 6 nitrogen and oxygen atoms in total. The molecular formula is C19H17N3O3S. The predicted octanol–water partition coefficient (Wildman–Crippen LogP) is 2.95. The zero-order valence-corrected chi connectivity index (χ0v) is 14.9. The number of H-pyrrole nitrogens is 1. The summed E-state index contributed by atoms with van der Waals surface area (Å²) in [6.45, 7) is 0. The van der Waals surface area contributed by atoms with E-state index < -0.39 is 10.0 Å². The summed E-state index contributed by atoms with van der Waals surface area (Å²) in [6.07, 6.45) is 5.35. The third-order valence-electron chi connectivity index (χ3n) is 4.43. The number of fused-ring (bicyclic) bond motifs is 2. The molecule has 0 bridgehead atoms. The Hall–Kier alpha value is -3.06. The minimum atomic E-state index is -3.68. The fourth-order valence-electron chi connectivity index (χ4n) is 2.98. The van der Waals surface area contributed by atoms with Crippen LogP contribution in [-0.2, 0) is 21.2 Å². The van der Waals surface area contributed by atoms with Gasteiger partial charge in [0.2, 0.25) is 5.91 Å². The first-order valence-corrected chi connectivity index (χ1v) is 9.54. The average molecular weight is 367 g/mol. The number of nitrogens with zero attached hydrogens (tertiary/aromatic N) is 1. The van der Waals surface area contributed by atoms with Crippen molar-refractivity contribution in [3.63, 3.8) is 0 Å². The van der Waals surface area contributed by atoms with Crippen molar-refractivity contribution in [1.82, 2.24) is 9.29 Å². The van der Waals surface area contributed by atoms with Crippen molar-refractivity contribution < 1.29 is 13.2 Å². The molecule has 1 aromatic heterocycles. The maximum Gasteiger partial charge on any atom is 0.263 e. The van der Waals surface area contributed by atoms with Crippen molar-refractivity contribution in [3.05, 3.63) is 66.0 Å². The quantitative estimate of drug-likeness (QED) is 0.744. The zero-order valence-electron chi connectivity index (χ0n) is 14.1. The van der Waals surface area contributed by atoms with E-state index in [0.29, 0.717) is 11.3 Å². The predicted molar refractivity (Wildman–Crippen MR) is 101 cm³/mol. The molecule has 1 amide bonds. The van der Waals surface area contributed by atoms with Crippen LogP contribution in [0, 0.1) is 0 Å². The number of rotatable bonds is 4. The summed E-state index contributed by atoms with van der Waals surface area (Å²) in [4.78, 5) is 14.7. The van der Waals surface area contributed by atoms with Gasteiger partial charge >= 0.3 is 0 Å². The van der Waals surface area contributed by atoms with Gasteiger partial charge < -0.3 is 10.3 Å². The molecule has 0 saturated carbocycles. The lowest BCUT2D eigenvalue weighted by Gasteiger charge is -2.15. The van der Waals surface area contributed by atoms with Gasteiger partial charge in [-0.1, -0.05) is 6.07 Å². The molecule has 1 aliphatic rings. The second-order valence-electron chi connectivity index (χ2n) is 6.21. The van der Waals surface area contributed by atoms with E-state index in [1.54, 1.807) is 18.2 Å². The van der Waals surface area contributed by atoms with E-state index in [2.05, 4.69) is 10.3 Å². The third-order valence-corrected chi connectivity index (χ3v) is 6.16. The molecule has 0 saturated heterocycles. The van der Waals surface area contributed by atoms with Gasteiger partial charge in [0.1, 0.15) is 0 Å². The molecule has 0 atom stereocenters. The van der Waals surface area contributed by atoms with Gasteiger partial charge in [-0.15, -0.1) is 0 Å². The molecule has 0 aliphatic carbocycles. The summed E-state index contributed by atoms with van der Waals surface area (Å²) in [5, 5.41) is 3.76. The second kappa shape index (κ2) is 6.03. The lowest BCUT2D eigenvalue weighted by atomic mass is 10.1. The van der Waals surface area contributed by atoms with Gasteiger partial charge in [0.25, 0.3) is 10.0 Å². The van der Waals surface area contributed by atoms with Gasteiger partial charge in [-0.2, -0.15) is 0 Å². The number of hydrogen-bond donors (Lipinski definition) is 2. The van der Waals surface area contributed by atoms with E-state index in [1.807, 2.05) is 30.5 Å². The van der Waals surface area contributed by atoms with Crippen LogP contribution in [0.4, 0.5) is 5.69 Å². The molecule has 4 rings (SSSR count). The highest BCUT2D eigenvalue weighted by Crippen LogP contribution is 2.27. The number of anilines is 1. The Kier molecular flexibility index (Phi) is 3.81. The molecule has 132 valence electrons. The van der Waals surface area contributed by atoms with Crippen LogP contribution < -0.4 is 5.32 Å². The number of benzene rings is 2. The van der Waals surface area contributed by atoms with Gasteiger partial charge in [0.15, 0.2) is 0 Å². The molecule has 2 aromatic carbocycles. The third kappa shape index (κ3) is 2.86. The highest BCUT2D eigenvalue weighted by molar-refractivity contribution is 7.89. The number of carbonyl (C=O) groups is 1. The normalized spacial score (nSPS) is 14.0. The Bertz CT molecular complexity index is 1150. The van der Waals surface area contributed by atoms with Gasteiger partial charge in [-0.05, 0) is 59.0 Å². The lowest BCUT2D eigenvalue weighted by molar-refractivity contribution is -0.115. The molecular weight excluding hydrogens is 350 g/mol. The summed E-state index contributed by atoms with van der Waals surface area (Å²) >= 11 is 0. The first-order chi connectivity index (χ1) is 12.4. The number of sulfonamides is 1. The van der Waals surface area contributed by atoms with Crippen LogP contribution in [0.15, 0.2) is 59.8 Å². The number of aromatic nitrogens is 1. The van der Waals surface area contributed by atoms with Crippen molar-refractivity contribution >= 4 is 38.6 Å². The average Bonchev–Trinajstić information content (AvgIpc) is 3.23. The molecule has 2 N–H and O–H groups in total. The summed E-state index contributed by atoms with van der Waals surface area (Å²) < 4.78 is 26.7. The van der Waals surface area contributed by atoms with Crippen LogP contribution in [0.25, 0.3) is 17.0 Å². The van der Waals surface area contributed by atoms with Crippen molar-refractivity contribution in [1.29, 1.82) is 0 Å². The van der Waals surface area contributed by atoms with Gasteiger partial charge in [0.05, 0.1) is 11.3 Å². The topological polar surface area (TPSA) is 82.3 Å². The first kappa shape index (κ1) is 16.4. The van der Waals surface area contributed by atoms with E-state index in [4.69, 9.17) is 0 Å². The van der Waals surface area contributed by atoms with Crippen LogP contribution >= 0.6 is 0 Å². The van der Waals surface area contributed by atoms with Crippen LogP contribution in [0.3, 0.4) is 0 Å². The van der Waals surface area contributed by atoms with Crippen LogP contribution in [-0.4, -0.2) is 30.7 Å². The second-order valence-corrected chi connectivity index (χ2v) is 8.20. The fraction of sp³-hybridized carbons (Fsp3) is 0.105. The SMILES string of the molecule is CN(C=Cc1ccc2[nH]ccc2c1)S(=O)(=O)c1ccc2c(c1)CC(=O)N2. The largest absolute Gasteiger partial charge is 0.361 e. The maximum absolute atomic E-state index is 12.8. The van der Waals surface area contributed by atoms with Crippen molar-refractivity contribution in [2.45, 2.75) is 11.3 Å². The number of hydrogen-bond acceptors (Lipinski definition) is 3. The molecule has 1 aliphatic heterocycles. The van der Waals surface area contributed by atoms with E-state index >= 15 is 0 Å². The molecule has 2 heterocycles. The molecule has 0 unspecified atom stereocenters. The summed E-state index contributed by atoms with van der Waals surface area (Å²) in [6, 6.07) is 12.5. The van der Waals surface area contributed by atoms with Gasteiger partial charge in [-0.3, -0.25) is 9.10 Å². The Morgan fingerprint density at radius 2 is 1.96 bits per heavy atom. The van der Waals surface area contributed by atoms with Crippen LogP contribution in [0.5, 0.6) is 0 Å². The Balaban J connectivity index is 1.59. The smallest absolute Gasteiger partial charge is 0.263 e. The zero-order chi connectivity index (χ0) is 18.3. The number of nitrogens with one attached hydrogen (secondary N) is 2. The molecule has 7 heteroatoms. The Morgan fingerprint density at radius 3 is 2.81 bits per heavy atom. The highest BCUT2D eigenvalue weighted by Gasteiger charge is 2.23. The van der Waals surface area contributed by atoms with Crippen molar-refractivity contribution in [3.8, 4) is 0 Å². The molecule has 3 aromatic rings. The fourth-order valence-corrected chi connectivity index (χ4v) is 4.06. The minimum absolute atomic E-state index is 0.122.